The summed E-state index contributed by atoms with van der Waals surface area (Å²) < 4.78 is 25.5. The molecule has 36 heavy (non-hydrogen) atoms. The van der Waals surface area contributed by atoms with Crippen molar-refractivity contribution in [1.82, 2.24) is 9.97 Å². The molecule has 0 unspecified atom stereocenters. The number of halogens is 1. The van der Waals surface area contributed by atoms with Gasteiger partial charge >= 0.3 is 5.97 Å². The van der Waals surface area contributed by atoms with Gasteiger partial charge in [-0.25, -0.2) is 19.2 Å². The second-order valence-electron chi connectivity index (χ2n) is 9.04. The van der Waals surface area contributed by atoms with E-state index in [0.29, 0.717) is 18.2 Å². The lowest BCUT2D eigenvalue weighted by molar-refractivity contribution is 0.0728. The Hall–Kier alpha value is -3.28. The SMILES string of the molecule is CCCCCCCCCCOc1ccc(C(=O)Oc2cnc(-c3ccc(CCC)cc3)nc2)c(F)c1. The monoisotopic (exact) mass is 492 g/mol. The fraction of sp³-hybridized carbons (Fsp3) is 0.433. The van der Waals surface area contributed by atoms with E-state index in [1.807, 2.05) is 12.1 Å². The van der Waals surface area contributed by atoms with E-state index < -0.39 is 11.8 Å². The van der Waals surface area contributed by atoms with Crippen LogP contribution in [0.2, 0.25) is 0 Å². The predicted octanol–water partition coefficient (Wildman–Crippen LogP) is 7.97. The molecular weight excluding hydrogens is 455 g/mol. The minimum atomic E-state index is -0.803. The van der Waals surface area contributed by atoms with Gasteiger partial charge in [-0.15, -0.1) is 0 Å². The number of carbonyl (C=O) groups excluding carboxylic acids is 1. The van der Waals surface area contributed by atoms with Gasteiger partial charge in [-0.2, -0.15) is 0 Å². The smallest absolute Gasteiger partial charge is 0.346 e. The van der Waals surface area contributed by atoms with Crippen molar-refractivity contribution in [2.24, 2.45) is 0 Å². The number of ether oxygens (including phenoxy) is 2. The third kappa shape index (κ3) is 8.74. The van der Waals surface area contributed by atoms with Gasteiger partial charge in [0.25, 0.3) is 0 Å². The molecule has 0 aliphatic rings. The van der Waals surface area contributed by atoms with Crippen molar-refractivity contribution in [2.45, 2.75) is 78.1 Å². The molecule has 0 aliphatic carbocycles. The Morgan fingerprint density at radius 3 is 2.11 bits per heavy atom. The Kier molecular flexibility index (Phi) is 11.4. The Bertz CT molecular complexity index is 1070. The van der Waals surface area contributed by atoms with Crippen molar-refractivity contribution >= 4 is 5.97 Å². The van der Waals surface area contributed by atoms with E-state index in [4.69, 9.17) is 9.47 Å². The molecule has 0 N–H and O–H groups in total. The van der Waals surface area contributed by atoms with Crippen LogP contribution in [0.3, 0.4) is 0 Å². The van der Waals surface area contributed by atoms with Gasteiger partial charge in [0.15, 0.2) is 11.6 Å². The molecule has 0 aliphatic heterocycles. The summed E-state index contributed by atoms with van der Waals surface area (Å²) in [6.45, 7) is 4.89. The number of esters is 1. The van der Waals surface area contributed by atoms with Crippen molar-refractivity contribution in [3.8, 4) is 22.9 Å². The standard InChI is InChI=1S/C30H37FN2O3/c1-3-5-6-7-8-9-10-11-19-35-25-17-18-27(28(31)20-25)30(34)36-26-21-32-29(33-22-26)24-15-13-23(12-4-2)14-16-24/h13-18,20-22H,3-12,19H2,1-2H3. The van der Waals surface area contributed by atoms with Crippen LogP contribution in [0.15, 0.2) is 54.9 Å². The molecular formula is C30H37FN2O3. The fourth-order valence-electron chi connectivity index (χ4n) is 3.97. The van der Waals surface area contributed by atoms with Crippen LogP contribution in [0.1, 0.15) is 87.6 Å². The second kappa shape index (κ2) is 15.0. The first-order valence-corrected chi connectivity index (χ1v) is 13.2. The molecule has 0 spiro atoms. The largest absolute Gasteiger partial charge is 0.493 e. The first-order valence-electron chi connectivity index (χ1n) is 13.2. The van der Waals surface area contributed by atoms with E-state index in [1.54, 1.807) is 6.07 Å². The van der Waals surface area contributed by atoms with Gasteiger partial charge in [-0.05, 0) is 30.5 Å². The molecule has 0 amide bonds. The molecule has 0 saturated heterocycles. The summed E-state index contributed by atoms with van der Waals surface area (Å²) >= 11 is 0. The molecule has 0 radical (unpaired) electrons. The van der Waals surface area contributed by atoms with Crippen molar-refractivity contribution in [3.05, 3.63) is 71.8 Å². The van der Waals surface area contributed by atoms with Crippen LogP contribution in [0, 0.1) is 5.82 Å². The summed E-state index contributed by atoms with van der Waals surface area (Å²) in [7, 11) is 0. The molecule has 2 aromatic carbocycles. The average molecular weight is 493 g/mol. The fourth-order valence-corrected chi connectivity index (χ4v) is 3.97. The summed E-state index contributed by atoms with van der Waals surface area (Å²) in [5.41, 5.74) is 1.98. The summed E-state index contributed by atoms with van der Waals surface area (Å²) in [6, 6.07) is 12.3. The lowest BCUT2D eigenvalue weighted by Gasteiger charge is -2.09. The zero-order valence-electron chi connectivity index (χ0n) is 21.5. The molecule has 192 valence electrons. The zero-order valence-corrected chi connectivity index (χ0v) is 21.5. The average Bonchev–Trinajstić information content (AvgIpc) is 2.89. The van der Waals surface area contributed by atoms with E-state index >= 15 is 0 Å². The minimum absolute atomic E-state index is 0.153. The third-order valence-corrected chi connectivity index (χ3v) is 6.02. The molecule has 0 atom stereocenters. The van der Waals surface area contributed by atoms with Crippen LogP contribution in [0.25, 0.3) is 11.4 Å². The van der Waals surface area contributed by atoms with Crippen LogP contribution in [-0.4, -0.2) is 22.5 Å². The third-order valence-electron chi connectivity index (χ3n) is 6.02. The summed E-state index contributed by atoms with van der Waals surface area (Å²) in [5, 5.41) is 0. The molecule has 0 fully saturated rings. The molecule has 5 nitrogen and oxygen atoms in total. The topological polar surface area (TPSA) is 61.3 Å². The number of hydrogen-bond donors (Lipinski definition) is 0. The Morgan fingerprint density at radius 2 is 1.47 bits per heavy atom. The molecule has 6 heteroatoms. The van der Waals surface area contributed by atoms with E-state index in [9.17, 15) is 9.18 Å². The lowest BCUT2D eigenvalue weighted by atomic mass is 10.1. The number of benzene rings is 2. The minimum Gasteiger partial charge on any atom is -0.493 e. The molecule has 1 aromatic heterocycles. The van der Waals surface area contributed by atoms with Crippen molar-refractivity contribution in [1.29, 1.82) is 0 Å². The molecule has 3 rings (SSSR count). The first kappa shape index (κ1) is 27.3. The van der Waals surface area contributed by atoms with Crippen LogP contribution in [0.5, 0.6) is 11.5 Å². The lowest BCUT2D eigenvalue weighted by Crippen LogP contribution is -2.11. The maximum Gasteiger partial charge on any atom is 0.346 e. The second-order valence-corrected chi connectivity index (χ2v) is 9.04. The summed E-state index contributed by atoms with van der Waals surface area (Å²) in [4.78, 5) is 21.0. The van der Waals surface area contributed by atoms with E-state index in [-0.39, 0.29) is 11.3 Å². The number of carbonyl (C=O) groups is 1. The van der Waals surface area contributed by atoms with Gasteiger partial charge in [0.05, 0.1) is 24.6 Å². The Balaban J connectivity index is 1.45. The van der Waals surface area contributed by atoms with Gasteiger partial charge in [-0.1, -0.05) is 89.5 Å². The van der Waals surface area contributed by atoms with Crippen molar-refractivity contribution < 1.29 is 18.7 Å². The van der Waals surface area contributed by atoms with Gasteiger partial charge in [-0.3, -0.25) is 0 Å². The highest BCUT2D eigenvalue weighted by Crippen LogP contribution is 2.21. The number of unbranched alkanes of at least 4 members (excludes halogenated alkanes) is 7. The Labute approximate surface area is 214 Å². The van der Waals surface area contributed by atoms with E-state index in [1.165, 1.54) is 68.6 Å². The van der Waals surface area contributed by atoms with Gasteiger partial charge in [0, 0.05) is 11.6 Å². The van der Waals surface area contributed by atoms with Gasteiger partial charge in [0.1, 0.15) is 11.6 Å². The molecule has 1 heterocycles. The van der Waals surface area contributed by atoms with Crippen LogP contribution in [-0.2, 0) is 6.42 Å². The predicted molar refractivity (Wildman–Crippen MR) is 141 cm³/mol. The maximum absolute atomic E-state index is 14.5. The van der Waals surface area contributed by atoms with E-state index in [2.05, 4.69) is 35.9 Å². The van der Waals surface area contributed by atoms with Gasteiger partial charge in [0.2, 0.25) is 0 Å². The first-order chi connectivity index (χ1) is 17.6. The molecule has 3 aromatic rings. The summed E-state index contributed by atoms with van der Waals surface area (Å²) in [6.07, 6.45) is 14.6. The van der Waals surface area contributed by atoms with Crippen LogP contribution in [0.4, 0.5) is 4.39 Å². The van der Waals surface area contributed by atoms with Crippen molar-refractivity contribution in [3.63, 3.8) is 0 Å². The molecule has 0 bridgehead atoms. The number of hydrogen-bond acceptors (Lipinski definition) is 5. The Morgan fingerprint density at radius 1 is 0.806 bits per heavy atom. The van der Waals surface area contributed by atoms with Crippen molar-refractivity contribution in [2.75, 3.05) is 6.61 Å². The van der Waals surface area contributed by atoms with Gasteiger partial charge < -0.3 is 9.47 Å². The summed E-state index contributed by atoms with van der Waals surface area (Å²) in [5.74, 6) is -0.395. The van der Waals surface area contributed by atoms with E-state index in [0.717, 1.165) is 31.2 Å². The zero-order chi connectivity index (χ0) is 25.6. The highest BCUT2D eigenvalue weighted by atomic mass is 19.1. The number of rotatable bonds is 15. The number of nitrogens with zero attached hydrogens (tertiary/aromatic N) is 2. The van der Waals surface area contributed by atoms with Crippen LogP contribution < -0.4 is 9.47 Å². The maximum atomic E-state index is 14.5. The normalized spacial score (nSPS) is 10.9. The molecule has 0 saturated carbocycles. The number of aromatic nitrogens is 2. The highest BCUT2D eigenvalue weighted by Gasteiger charge is 2.16. The van der Waals surface area contributed by atoms with Crippen LogP contribution >= 0.6 is 0 Å². The quantitative estimate of drug-likeness (QED) is 0.159. The highest BCUT2D eigenvalue weighted by molar-refractivity contribution is 5.91. The number of aryl methyl sites for hydroxylation is 1.